The third-order valence-electron chi connectivity index (χ3n) is 3.17. The monoisotopic (exact) mass is 228 g/mol. The molecule has 2 rings (SSSR count). The Labute approximate surface area is 101 Å². The molecule has 0 heterocycles. The van der Waals surface area contributed by atoms with Crippen molar-refractivity contribution >= 4 is 16.6 Å². The van der Waals surface area contributed by atoms with Crippen LogP contribution in [0.3, 0.4) is 0 Å². The maximum Gasteiger partial charge on any atom is 0.165 e. The van der Waals surface area contributed by atoms with Crippen molar-refractivity contribution in [2.45, 2.75) is 20.3 Å². The van der Waals surface area contributed by atoms with E-state index in [4.69, 9.17) is 0 Å². The Kier molecular flexibility index (Phi) is 3.14. The van der Waals surface area contributed by atoms with Crippen LogP contribution in [-0.2, 0) is 0 Å². The average molecular weight is 228 g/mol. The third-order valence-corrected chi connectivity index (χ3v) is 3.17. The highest BCUT2D eigenvalue weighted by molar-refractivity contribution is 6.01. The molecule has 17 heavy (non-hydrogen) atoms. The second-order valence-electron chi connectivity index (χ2n) is 4.42. The van der Waals surface area contributed by atoms with Gasteiger partial charge in [-0.05, 0) is 35.4 Å². The lowest BCUT2D eigenvalue weighted by molar-refractivity contribution is 0.0927. The summed E-state index contributed by atoms with van der Waals surface area (Å²) in [5.74, 6) is 0.491. The predicted molar refractivity (Wildman–Crippen MR) is 69.4 cm³/mol. The lowest BCUT2D eigenvalue weighted by atomic mass is 9.95. The molecule has 0 amide bonds. The van der Waals surface area contributed by atoms with Gasteiger partial charge in [-0.3, -0.25) is 4.79 Å². The minimum Gasteiger partial charge on any atom is -0.508 e. The molecule has 2 nitrogen and oxygen atoms in total. The Bertz CT molecular complexity index is 558. The van der Waals surface area contributed by atoms with Gasteiger partial charge in [0.15, 0.2) is 5.78 Å². The van der Waals surface area contributed by atoms with E-state index in [1.54, 1.807) is 12.1 Å². The van der Waals surface area contributed by atoms with E-state index in [1.165, 1.54) is 0 Å². The maximum atomic E-state index is 12.0. The number of phenolic OH excluding ortho intramolecular Hbond substituents is 1. The molecule has 0 spiro atoms. The van der Waals surface area contributed by atoms with Crippen LogP contribution < -0.4 is 0 Å². The zero-order valence-corrected chi connectivity index (χ0v) is 10.1. The third kappa shape index (κ3) is 2.31. The molecule has 1 unspecified atom stereocenters. The first kappa shape index (κ1) is 11.6. The topological polar surface area (TPSA) is 37.3 Å². The van der Waals surface area contributed by atoms with E-state index in [1.807, 2.05) is 38.1 Å². The summed E-state index contributed by atoms with van der Waals surface area (Å²) in [7, 11) is 0. The van der Waals surface area contributed by atoms with Crippen molar-refractivity contribution in [2.24, 2.45) is 5.92 Å². The fraction of sp³-hybridized carbons (Fsp3) is 0.267. The molecule has 0 saturated carbocycles. The summed E-state index contributed by atoms with van der Waals surface area (Å²) in [6, 6.07) is 10.8. The van der Waals surface area contributed by atoms with E-state index in [0.29, 0.717) is 0 Å². The number of ketones is 1. The first-order valence-electron chi connectivity index (χ1n) is 5.89. The summed E-state index contributed by atoms with van der Waals surface area (Å²) in [4.78, 5) is 12.0. The number of hydrogen-bond donors (Lipinski definition) is 1. The summed E-state index contributed by atoms with van der Waals surface area (Å²) >= 11 is 0. The molecule has 0 aliphatic rings. The van der Waals surface area contributed by atoms with Crippen molar-refractivity contribution in [2.75, 3.05) is 0 Å². The Balaban J connectivity index is 2.45. The Morgan fingerprint density at radius 3 is 2.53 bits per heavy atom. The van der Waals surface area contributed by atoms with E-state index >= 15 is 0 Å². The highest BCUT2D eigenvalue weighted by atomic mass is 16.3. The van der Waals surface area contributed by atoms with Gasteiger partial charge < -0.3 is 5.11 Å². The Hall–Kier alpha value is -1.83. The van der Waals surface area contributed by atoms with Crippen molar-refractivity contribution in [3.63, 3.8) is 0 Å². The first-order valence-corrected chi connectivity index (χ1v) is 5.89. The molecule has 0 bridgehead atoms. The number of carbonyl (C=O) groups is 1. The summed E-state index contributed by atoms with van der Waals surface area (Å²) in [5, 5.41) is 11.3. The minimum atomic E-state index is 0.0598. The molecule has 0 aliphatic carbocycles. The zero-order chi connectivity index (χ0) is 12.4. The quantitative estimate of drug-likeness (QED) is 0.812. The normalized spacial score (nSPS) is 12.6. The van der Waals surface area contributed by atoms with Crippen LogP contribution in [0.2, 0.25) is 0 Å². The van der Waals surface area contributed by atoms with Gasteiger partial charge in [0.2, 0.25) is 0 Å². The van der Waals surface area contributed by atoms with Crippen LogP contribution >= 0.6 is 0 Å². The molecule has 0 fully saturated rings. The van der Waals surface area contributed by atoms with Crippen LogP contribution in [0.4, 0.5) is 0 Å². The van der Waals surface area contributed by atoms with Crippen molar-refractivity contribution < 1.29 is 9.90 Å². The summed E-state index contributed by atoms with van der Waals surface area (Å²) in [6.45, 7) is 3.96. The van der Waals surface area contributed by atoms with E-state index in [-0.39, 0.29) is 17.5 Å². The van der Waals surface area contributed by atoms with Gasteiger partial charge in [-0.2, -0.15) is 0 Å². The Morgan fingerprint density at radius 1 is 1.18 bits per heavy atom. The number of fused-ring (bicyclic) bond motifs is 1. The van der Waals surface area contributed by atoms with Crippen LogP contribution in [0.25, 0.3) is 10.8 Å². The number of phenols is 1. The van der Waals surface area contributed by atoms with Gasteiger partial charge in [-0.1, -0.05) is 32.0 Å². The lowest BCUT2D eigenvalue weighted by Gasteiger charge is -2.08. The summed E-state index contributed by atoms with van der Waals surface area (Å²) in [6.07, 6.45) is 0.854. The number of hydrogen-bond acceptors (Lipinski definition) is 2. The number of carbonyl (C=O) groups excluding carboxylic acids is 1. The first-order chi connectivity index (χ1) is 8.11. The van der Waals surface area contributed by atoms with Gasteiger partial charge in [0, 0.05) is 11.5 Å². The standard InChI is InChI=1S/C15H16O2/c1-3-10(2)15(17)13-5-4-12-9-14(16)7-6-11(12)8-13/h4-10,16H,3H2,1-2H3. The van der Waals surface area contributed by atoms with Gasteiger partial charge in [-0.25, -0.2) is 0 Å². The molecule has 2 heteroatoms. The van der Waals surface area contributed by atoms with E-state index < -0.39 is 0 Å². The SMILES string of the molecule is CCC(C)C(=O)c1ccc2cc(O)ccc2c1. The number of rotatable bonds is 3. The van der Waals surface area contributed by atoms with Crippen molar-refractivity contribution in [3.05, 3.63) is 42.0 Å². The van der Waals surface area contributed by atoms with E-state index in [9.17, 15) is 9.90 Å². The van der Waals surface area contributed by atoms with Crippen LogP contribution in [-0.4, -0.2) is 10.9 Å². The second-order valence-corrected chi connectivity index (χ2v) is 4.42. The molecule has 1 atom stereocenters. The van der Waals surface area contributed by atoms with Gasteiger partial charge in [0.25, 0.3) is 0 Å². The molecule has 0 aliphatic heterocycles. The van der Waals surface area contributed by atoms with Crippen LogP contribution in [0.15, 0.2) is 36.4 Å². The van der Waals surface area contributed by atoms with Crippen LogP contribution in [0.5, 0.6) is 5.75 Å². The van der Waals surface area contributed by atoms with Gasteiger partial charge in [-0.15, -0.1) is 0 Å². The highest BCUT2D eigenvalue weighted by Crippen LogP contribution is 2.22. The molecule has 2 aromatic rings. The molecule has 2 aromatic carbocycles. The van der Waals surface area contributed by atoms with E-state index in [0.717, 1.165) is 22.8 Å². The number of Topliss-reactive ketones (excluding diaryl/α,β-unsaturated/α-hetero) is 1. The molecule has 88 valence electrons. The molecule has 0 aromatic heterocycles. The van der Waals surface area contributed by atoms with Crippen molar-refractivity contribution in [3.8, 4) is 5.75 Å². The highest BCUT2D eigenvalue weighted by Gasteiger charge is 2.13. The summed E-state index contributed by atoms with van der Waals surface area (Å²) < 4.78 is 0. The molecular formula is C15H16O2. The average Bonchev–Trinajstić information content (AvgIpc) is 2.36. The fourth-order valence-electron chi connectivity index (χ4n) is 1.86. The molecule has 0 radical (unpaired) electrons. The van der Waals surface area contributed by atoms with E-state index in [2.05, 4.69) is 0 Å². The summed E-state index contributed by atoms with van der Waals surface area (Å²) in [5.41, 5.74) is 0.748. The van der Waals surface area contributed by atoms with Gasteiger partial charge >= 0.3 is 0 Å². The molecule has 0 saturated heterocycles. The fourth-order valence-corrected chi connectivity index (χ4v) is 1.86. The molecular weight excluding hydrogens is 212 g/mol. The number of benzene rings is 2. The van der Waals surface area contributed by atoms with Gasteiger partial charge in [0.05, 0.1) is 0 Å². The smallest absolute Gasteiger partial charge is 0.165 e. The van der Waals surface area contributed by atoms with Crippen molar-refractivity contribution in [1.29, 1.82) is 0 Å². The van der Waals surface area contributed by atoms with Crippen molar-refractivity contribution in [1.82, 2.24) is 0 Å². The van der Waals surface area contributed by atoms with Crippen LogP contribution in [0, 0.1) is 5.92 Å². The second kappa shape index (κ2) is 4.58. The zero-order valence-electron chi connectivity index (χ0n) is 10.1. The number of aromatic hydroxyl groups is 1. The minimum absolute atomic E-state index is 0.0598. The predicted octanol–water partition coefficient (Wildman–Crippen LogP) is 3.77. The largest absolute Gasteiger partial charge is 0.508 e. The van der Waals surface area contributed by atoms with Crippen LogP contribution in [0.1, 0.15) is 30.6 Å². The maximum absolute atomic E-state index is 12.0. The lowest BCUT2D eigenvalue weighted by Crippen LogP contribution is -2.09. The van der Waals surface area contributed by atoms with Gasteiger partial charge in [0.1, 0.15) is 5.75 Å². The molecule has 1 N–H and O–H groups in total. The Morgan fingerprint density at radius 2 is 1.82 bits per heavy atom.